The lowest BCUT2D eigenvalue weighted by atomic mass is 10.1. The summed E-state index contributed by atoms with van der Waals surface area (Å²) >= 11 is 11.9. The van der Waals surface area contributed by atoms with Crippen LogP contribution in [0, 0.1) is 10.1 Å². The fourth-order valence-corrected chi connectivity index (χ4v) is 2.40. The minimum absolute atomic E-state index is 0.184. The molecule has 2 aromatic rings. The van der Waals surface area contributed by atoms with Crippen molar-refractivity contribution in [3.63, 3.8) is 0 Å². The molecule has 1 heterocycles. The minimum atomic E-state index is -1.13. The number of aliphatic hydroxyl groups excluding tert-OH is 1. The zero-order valence-corrected chi connectivity index (χ0v) is 12.5. The molecular formula is C13H10Cl2N2O5. The molecule has 22 heavy (non-hydrogen) atoms. The van der Waals surface area contributed by atoms with Crippen molar-refractivity contribution < 1.29 is 19.2 Å². The van der Waals surface area contributed by atoms with E-state index >= 15 is 0 Å². The van der Waals surface area contributed by atoms with E-state index in [0.717, 1.165) is 6.07 Å². The Kier molecular flexibility index (Phi) is 5.02. The van der Waals surface area contributed by atoms with Crippen LogP contribution in [0.4, 0.5) is 5.88 Å². The number of carbonyl (C=O) groups excluding carboxylic acids is 1. The highest BCUT2D eigenvalue weighted by Gasteiger charge is 2.20. The molecule has 9 heteroatoms. The van der Waals surface area contributed by atoms with Crippen molar-refractivity contribution in [3.8, 4) is 0 Å². The number of hydrogen-bond donors (Lipinski definition) is 2. The summed E-state index contributed by atoms with van der Waals surface area (Å²) in [4.78, 5) is 21.5. The maximum Gasteiger partial charge on any atom is 0.433 e. The van der Waals surface area contributed by atoms with Crippen LogP contribution in [0.3, 0.4) is 0 Å². The van der Waals surface area contributed by atoms with E-state index in [2.05, 4.69) is 5.32 Å². The number of hydrogen-bond acceptors (Lipinski definition) is 5. The van der Waals surface area contributed by atoms with Crippen LogP contribution in [0.5, 0.6) is 0 Å². The molecule has 0 aliphatic rings. The van der Waals surface area contributed by atoms with Crippen molar-refractivity contribution in [3.05, 3.63) is 61.8 Å². The van der Waals surface area contributed by atoms with Gasteiger partial charge in [-0.3, -0.25) is 14.9 Å². The Hall–Kier alpha value is -2.09. The quantitative estimate of drug-likeness (QED) is 0.640. The van der Waals surface area contributed by atoms with Gasteiger partial charge in [-0.15, -0.1) is 0 Å². The van der Waals surface area contributed by atoms with Gasteiger partial charge in [0, 0.05) is 22.2 Å². The van der Waals surface area contributed by atoms with E-state index in [1.54, 1.807) is 18.2 Å². The zero-order valence-electron chi connectivity index (χ0n) is 11.0. The van der Waals surface area contributed by atoms with Crippen LogP contribution in [0.2, 0.25) is 10.0 Å². The van der Waals surface area contributed by atoms with Crippen LogP contribution in [0.1, 0.15) is 22.2 Å². The predicted molar refractivity (Wildman–Crippen MR) is 79.1 cm³/mol. The van der Waals surface area contributed by atoms with Crippen molar-refractivity contribution in [1.29, 1.82) is 0 Å². The molecule has 116 valence electrons. The third-order valence-electron chi connectivity index (χ3n) is 2.78. The van der Waals surface area contributed by atoms with E-state index in [4.69, 9.17) is 27.6 Å². The third-order valence-corrected chi connectivity index (χ3v) is 3.44. The Balaban J connectivity index is 2.02. The molecule has 1 aromatic carbocycles. The number of nitrogens with one attached hydrogen (secondary N) is 1. The molecule has 1 aromatic heterocycles. The lowest BCUT2D eigenvalue weighted by molar-refractivity contribution is -0.402. The molecule has 0 spiro atoms. The Morgan fingerprint density at radius 3 is 2.50 bits per heavy atom. The fourth-order valence-electron chi connectivity index (χ4n) is 1.76. The van der Waals surface area contributed by atoms with E-state index in [0.29, 0.717) is 0 Å². The van der Waals surface area contributed by atoms with Crippen LogP contribution in [-0.2, 0) is 0 Å². The van der Waals surface area contributed by atoms with Crippen LogP contribution < -0.4 is 5.32 Å². The number of amides is 1. The number of aliphatic hydroxyl groups is 1. The molecule has 1 amide bonds. The van der Waals surface area contributed by atoms with Gasteiger partial charge in [0.25, 0.3) is 5.91 Å². The van der Waals surface area contributed by atoms with Crippen molar-refractivity contribution in [2.75, 3.05) is 6.54 Å². The molecule has 7 nitrogen and oxygen atoms in total. The first-order valence-electron chi connectivity index (χ1n) is 6.04. The van der Waals surface area contributed by atoms with Crippen molar-refractivity contribution in [1.82, 2.24) is 5.32 Å². The summed E-state index contributed by atoms with van der Waals surface area (Å²) in [6.45, 7) is -0.184. The summed E-state index contributed by atoms with van der Waals surface area (Å²) in [5.41, 5.74) is 0.288. The number of benzene rings is 1. The number of furan rings is 1. The van der Waals surface area contributed by atoms with E-state index < -0.39 is 22.8 Å². The Morgan fingerprint density at radius 2 is 1.95 bits per heavy atom. The average Bonchev–Trinajstić information content (AvgIpc) is 2.94. The normalized spacial score (nSPS) is 12.0. The first-order chi connectivity index (χ1) is 10.4. The summed E-state index contributed by atoms with van der Waals surface area (Å²) in [6, 6.07) is 6.98. The van der Waals surface area contributed by atoms with Crippen LogP contribution in [0.25, 0.3) is 0 Å². The molecule has 0 fully saturated rings. The van der Waals surface area contributed by atoms with Gasteiger partial charge in [0.05, 0.1) is 12.2 Å². The van der Waals surface area contributed by atoms with Gasteiger partial charge < -0.3 is 14.8 Å². The molecule has 2 rings (SSSR count). The molecule has 0 aliphatic carbocycles. The first kappa shape index (κ1) is 16.3. The number of carbonyl (C=O) groups is 1. The summed E-state index contributed by atoms with van der Waals surface area (Å²) in [6.07, 6.45) is -1.13. The monoisotopic (exact) mass is 344 g/mol. The van der Waals surface area contributed by atoms with Gasteiger partial charge in [-0.1, -0.05) is 29.3 Å². The maximum atomic E-state index is 11.8. The van der Waals surface area contributed by atoms with E-state index in [1.807, 2.05) is 0 Å². The number of rotatable bonds is 5. The molecule has 1 unspecified atom stereocenters. The molecular weight excluding hydrogens is 335 g/mol. The lowest BCUT2D eigenvalue weighted by Crippen LogP contribution is -2.28. The second-order valence-corrected chi connectivity index (χ2v) is 5.07. The summed E-state index contributed by atoms with van der Waals surface area (Å²) in [5.74, 6) is -1.47. The second kappa shape index (κ2) is 6.78. The molecule has 0 aliphatic heterocycles. The first-order valence-corrected chi connectivity index (χ1v) is 6.80. The number of halogens is 2. The maximum absolute atomic E-state index is 11.8. The molecule has 0 saturated carbocycles. The van der Waals surface area contributed by atoms with Gasteiger partial charge in [-0.25, -0.2) is 0 Å². The van der Waals surface area contributed by atoms with Gasteiger partial charge in [0.15, 0.2) is 5.76 Å². The van der Waals surface area contributed by atoms with Crippen molar-refractivity contribution >= 4 is 35.0 Å². The standard InChI is InChI=1S/C13H10Cl2N2O5/c14-7-2-1-3-8(15)12(7)9(18)6-16-13(19)10-4-5-11(22-10)17(20)21/h1-5,9,18H,6H2,(H,16,19). The largest absolute Gasteiger partial charge is 0.433 e. The summed E-state index contributed by atoms with van der Waals surface area (Å²) in [7, 11) is 0. The second-order valence-electron chi connectivity index (χ2n) is 4.26. The van der Waals surface area contributed by atoms with Gasteiger partial charge >= 0.3 is 5.88 Å². The van der Waals surface area contributed by atoms with Crippen molar-refractivity contribution in [2.45, 2.75) is 6.10 Å². The minimum Gasteiger partial charge on any atom is -0.395 e. The molecule has 0 radical (unpaired) electrons. The van der Waals surface area contributed by atoms with Crippen LogP contribution in [-0.4, -0.2) is 22.5 Å². The molecule has 2 N–H and O–H groups in total. The van der Waals surface area contributed by atoms with Gasteiger partial charge in [-0.2, -0.15) is 0 Å². The topological polar surface area (TPSA) is 106 Å². The lowest BCUT2D eigenvalue weighted by Gasteiger charge is -2.14. The van der Waals surface area contributed by atoms with Crippen LogP contribution in [0.15, 0.2) is 34.7 Å². The zero-order chi connectivity index (χ0) is 16.3. The van der Waals surface area contributed by atoms with Gasteiger partial charge in [-0.05, 0) is 18.2 Å². The Labute approximate surface area is 134 Å². The van der Waals surface area contributed by atoms with Gasteiger partial charge in [0.2, 0.25) is 0 Å². The van der Waals surface area contributed by atoms with Crippen molar-refractivity contribution in [2.24, 2.45) is 0 Å². The third kappa shape index (κ3) is 3.56. The van der Waals surface area contributed by atoms with E-state index in [1.165, 1.54) is 6.07 Å². The number of nitrogens with zero attached hydrogens (tertiary/aromatic N) is 1. The van der Waals surface area contributed by atoms with Gasteiger partial charge in [0.1, 0.15) is 4.92 Å². The molecule has 1 atom stereocenters. The Morgan fingerprint density at radius 1 is 1.32 bits per heavy atom. The SMILES string of the molecule is O=C(NCC(O)c1c(Cl)cccc1Cl)c1ccc([N+](=O)[O-])o1. The Bertz CT molecular complexity index is 696. The van der Waals surface area contributed by atoms with E-state index in [-0.39, 0.29) is 27.9 Å². The highest BCUT2D eigenvalue weighted by Crippen LogP contribution is 2.29. The van der Waals surface area contributed by atoms with Crippen LogP contribution >= 0.6 is 23.2 Å². The molecule has 0 saturated heterocycles. The summed E-state index contributed by atoms with van der Waals surface area (Å²) in [5, 5.41) is 23.4. The fraction of sp³-hybridized carbons (Fsp3) is 0.154. The van der Waals surface area contributed by atoms with E-state index in [9.17, 15) is 20.0 Å². The smallest absolute Gasteiger partial charge is 0.395 e. The average molecular weight is 345 g/mol. The highest BCUT2D eigenvalue weighted by molar-refractivity contribution is 6.36. The molecule has 0 bridgehead atoms. The number of nitro groups is 1. The predicted octanol–water partition coefficient (Wildman–Crippen LogP) is 2.96. The summed E-state index contributed by atoms with van der Waals surface area (Å²) < 4.78 is 4.75. The highest BCUT2D eigenvalue weighted by atomic mass is 35.5.